The van der Waals surface area contributed by atoms with E-state index in [4.69, 9.17) is 16.3 Å². The second-order valence-electron chi connectivity index (χ2n) is 7.57. The van der Waals surface area contributed by atoms with Crippen molar-refractivity contribution in [1.82, 2.24) is 0 Å². The Labute approximate surface area is 193 Å². The third-order valence-electron chi connectivity index (χ3n) is 4.86. The molecule has 1 atom stereocenters. The highest BCUT2D eigenvalue weighted by molar-refractivity contribution is 7.92. The summed E-state index contributed by atoms with van der Waals surface area (Å²) in [5, 5.41) is 3.18. The van der Waals surface area contributed by atoms with Crippen LogP contribution in [0.5, 0.6) is 11.5 Å². The van der Waals surface area contributed by atoms with Crippen molar-refractivity contribution in [2.45, 2.75) is 26.8 Å². The fourth-order valence-electron chi connectivity index (χ4n) is 3.28. The lowest BCUT2D eigenvalue weighted by molar-refractivity contribution is -0.116. The number of rotatable bonds is 7. The van der Waals surface area contributed by atoms with Gasteiger partial charge >= 0.3 is 0 Å². The van der Waals surface area contributed by atoms with Gasteiger partial charge in [0.05, 0.1) is 17.6 Å². The minimum absolute atomic E-state index is 0.340. The number of carbonyl (C=O) groups excluding carboxylic acids is 1. The Morgan fingerprint density at radius 3 is 2.38 bits per heavy atom. The molecule has 0 bridgehead atoms. The standard InChI is InChI=1S/C24H25ClN2O4S/c1-16-10-11-17(2)22(14-16)27(32(4,29)30)18(3)24(28)26-21-15-19(25)12-13-23(21)31-20-8-6-5-7-9-20/h5-15,18H,1-4H3,(H,26,28). The van der Waals surface area contributed by atoms with Gasteiger partial charge in [-0.3, -0.25) is 9.10 Å². The SMILES string of the molecule is Cc1ccc(C)c(N(C(C)C(=O)Nc2cc(Cl)ccc2Oc2ccccc2)S(C)(=O)=O)c1. The molecule has 32 heavy (non-hydrogen) atoms. The summed E-state index contributed by atoms with van der Waals surface area (Å²) >= 11 is 6.14. The molecule has 0 aliphatic rings. The van der Waals surface area contributed by atoms with Crippen LogP contribution in [-0.4, -0.2) is 26.6 Å². The molecule has 168 valence electrons. The van der Waals surface area contributed by atoms with Crippen LogP contribution >= 0.6 is 11.6 Å². The normalized spacial score (nSPS) is 12.2. The molecule has 0 aromatic heterocycles. The van der Waals surface area contributed by atoms with Gasteiger partial charge in [-0.05, 0) is 68.3 Å². The van der Waals surface area contributed by atoms with Gasteiger partial charge < -0.3 is 10.1 Å². The first-order valence-electron chi connectivity index (χ1n) is 9.96. The summed E-state index contributed by atoms with van der Waals surface area (Å²) in [5.74, 6) is 0.460. The highest BCUT2D eigenvalue weighted by Gasteiger charge is 2.30. The van der Waals surface area contributed by atoms with Crippen molar-refractivity contribution in [3.8, 4) is 11.5 Å². The van der Waals surface area contributed by atoms with Crippen molar-refractivity contribution in [3.63, 3.8) is 0 Å². The number of halogens is 1. The molecule has 3 rings (SSSR count). The zero-order chi connectivity index (χ0) is 23.5. The molecule has 6 nitrogen and oxygen atoms in total. The number of nitrogens with one attached hydrogen (secondary N) is 1. The first-order chi connectivity index (χ1) is 15.1. The number of nitrogens with zero attached hydrogens (tertiary/aromatic N) is 1. The summed E-state index contributed by atoms with van der Waals surface area (Å²) in [7, 11) is -3.75. The molecular formula is C24H25ClN2O4S. The molecule has 0 aliphatic heterocycles. The number of hydrogen-bond acceptors (Lipinski definition) is 4. The van der Waals surface area contributed by atoms with E-state index in [-0.39, 0.29) is 0 Å². The third-order valence-corrected chi connectivity index (χ3v) is 6.32. The minimum Gasteiger partial charge on any atom is -0.455 e. The van der Waals surface area contributed by atoms with Crippen LogP contribution in [0, 0.1) is 13.8 Å². The predicted molar refractivity (Wildman–Crippen MR) is 129 cm³/mol. The Morgan fingerprint density at radius 2 is 1.72 bits per heavy atom. The van der Waals surface area contributed by atoms with Gasteiger partial charge in [-0.25, -0.2) is 8.42 Å². The van der Waals surface area contributed by atoms with Crippen LogP contribution in [0.3, 0.4) is 0 Å². The number of carbonyl (C=O) groups is 1. The quantitative estimate of drug-likeness (QED) is 0.489. The lowest BCUT2D eigenvalue weighted by Gasteiger charge is -2.30. The van der Waals surface area contributed by atoms with Crippen molar-refractivity contribution in [2.24, 2.45) is 0 Å². The van der Waals surface area contributed by atoms with Crippen LogP contribution in [-0.2, 0) is 14.8 Å². The summed E-state index contributed by atoms with van der Waals surface area (Å²) in [4.78, 5) is 13.2. The van der Waals surface area contributed by atoms with E-state index in [9.17, 15) is 13.2 Å². The number of hydrogen-bond donors (Lipinski definition) is 1. The van der Waals surface area contributed by atoms with E-state index >= 15 is 0 Å². The lowest BCUT2D eigenvalue weighted by Crippen LogP contribution is -2.45. The van der Waals surface area contributed by atoms with Crippen LogP contribution in [0.15, 0.2) is 66.7 Å². The lowest BCUT2D eigenvalue weighted by atomic mass is 10.1. The number of amides is 1. The fourth-order valence-corrected chi connectivity index (χ4v) is 4.68. The van der Waals surface area contributed by atoms with Gasteiger partial charge in [0.15, 0.2) is 5.75 Å². The predicted octanol–water partition coefficient (Wildman–Crippen LogP) is 5.54. The zero-order valence-electron chi connectivity index (χ0n) is 18.3. The number of anilines is 2. The summed E-state index contributed by atoms with van der Waals surface area (Å²) in [6, 6.07) is 18.4. The monoisotopic (exact) mass is 472 g/mol. The molecule has 0 spiro atoms. The van der Waals surface area contributed by atoms with Crippen molar-refractivity contribution < 1.29 is 17.9 Å². The second-order valence-corrected chi connectivity index (χ2v) is 9.87. The molecule has 0 fully saturated rings. The molecule has 3 aromatic rings. The van der Waals surface area contributed by atoms with Gasteiger partial charge in [0.2, 0.25) is 15.9 Å². The summed E-state index contributed by atoms with van der Waals surface area (Å²) < 4.78 is 32.3. The maximum Gasteiger partial charge on any atom is 0.248 e. The average molecular weight is 473 g/mol. The molecule has 0 saturated carbocycles. The van der Waals surface area contributed by atoms with Gasteiger partial charge in [0.1, 0.15) is 11.8 Å². The van der Waals surface area contributed by atoms with E-state index in [2.05, 4.69) is 5.32 Å². The Kier molecular flexibility index (Phi) is 7.11. The number of sulfonamides is 1. The fraction of sp³-hybridized carbons (Fsp3) is 0.208. The Balaban J connectivity index is 1.93. The molecule has 0 aliphatic carbocycles. The van der Waals surface area contributed by atoms with Crippen LogP contribution in [0.4, 0.5) is 11.4 Å². The summed E-state index contributed by atoms with van der Waals surface area (Å²) in [6.45, 7) is 5.22. The molecule has 1 amide bonds. The molecule has 0 radical (unpaired) electrons. The highest BCUT2D eigenvalue weighted by Crippen LogP contribution is 2.33. The molecular weight excluding hydrogens is 448 g/mol. The number of benzene rings is 3. The minimum atomic E-state index is -3.75. The number of ether oxygens (including phenoxy) is 1. The van der Waals surface area contributed by atoms with Gasteiger partial charge in [-0.1, -0.05) is 41.9 Å². The first kappa shape index (κ1) is 23.6. The van der Waals surface area contributed by atoms with E-state index in [1.54, 1.807) is 50.2 Å². The van der Waals surface area contributed by atoms with Crippen molar-refractivity contribution in [1.29, 1.82) is 0 Å². The van der Waals surface area contributed by atoms with Gasteiger partial charge in [0.25, 0.3) is 0 Å². The molecule has 8 heteroatoms. The van der Waals surface area contributed by atoms with Crippen molar-refractivity contribution in [2.75, 3.05) is 15.9 Å². The number of para-hydroxylation sites is 1. The first-order valence-corrected chi connectivity index (χ1v) is 12.2. The molecule has 0 saturated heterocycles. The topological polar surface area (TPSA) is 75.7 Å². The zero-order valence-corrected chi connectivity index (χ0v) is 19.9. The van der Waals surface area contributed by atoms with E-state index in [1.807, 2.05) is 37.3 Å². The highest BCUT2D eigenvalue weighted by atomic mass is 35.5. The largest absolute Gasteiger partial charge is 0.455 e. The smallest absolute Gasteiger partial charge is 0.248 e. The summed E-state index contributed by atoms with van der Waals surface area (Å²) in [5.41, 5.74) is 2.44. The van der Waals surface area contributed by atoms with Gasteiger partial charge in [-0.2, -0.15) is 0 Å². The van der Waals surface area contributed by atoms with E-state index in [0.29, 0.717) is 27.9 Å². The Morgan fingerprint density at radius 1 is 1.03 bits per heavy atom. The van der Waals surface area contributed by atoms with Crippen molar-refractivity contribution >= 4 is 38.9 Å². The Hall–Kier alpha value is -3.03. The summed E-state index contributed by atoms with van der Waals surface area (Å²) in [6.07, 6.45) is 1.09. The van der Waals surface area contributed by atoms with Crippen LogP contribution in [0.1, 0.15) is 18.1 Å². The van der Waals surface area contributed by atoms with Gasteiger partial charge in [-0.15, -0.1) is 0 Å². The van der Waals surface area contributed by atoms with Crippen LogP contribution in [0.25, 0.3) is 0 Å². The van der Waals surface area contributed by atoms with Crippen molar-refractivity contribution in [3.05, 3.63) is 82.9 Å². The van der Waals surface area contributed by atoms with E-state index in [0.717, 1.165) is 21.7 Å². The molecule has 0 heterocycles. The molecule has 1 N–H and O–H groups in total. The third kappa shape index (κ3) is 5.60. The van der Waals surface area contributed by atoms with Crippen LogP contribution < -0.4 is 14.4 Å². The van der Waals surface area contributed by atoms with Gasteiger partial charge in [0, 0.05) is 5.02 Å². The molecule has 1 unspecified atom stereocenters. The van der Waals surface area contributed by atoms with E-state index in [1.165, 1.54) is 0 Å². The van der Waals surface area contributed by atoms with Crippen LogP contribution in [0.2, 0.25) is 5.02 Å². The maximum atomic E-state index is 13.2. The Bertz CT molecular complexity index is 1230. The molecule has 3 aromatic carbocycles. The average Bonchev–Trinajstić information content (AvgIpc) is 2.72. The maximum absolute atomic E-state index is 13.2. The second kappa shape index (κ2) is 9.63. The van der Waals surface area contributed by atoms with E-state index < -0.39 is 22.0 Å². The number of aryl methyl sites for hydroxylation is 2.